The highest BCUT2D eigenvalue weighted by Crippen LogP contribution is 2.39. The van der Waals surface area contributed by atoms with Gasteiger partial charge in [0.2, 0.25) is 11.9 Å². The van der Waals surface area contributed by atoms with Crippen LogP contribution in [0.4, 0.5) is 21.7 Å². The summed E-state index contributed by atoms with van der Waals surface area (Å²) in [4.78, 5) is 38.8. The van der Waals surface area contributed by atoms with Gasteiger partial charge in [-0.1, -0.05) is 18.7 Å². The van der Waals surface area contributed by atoms with E-state index >= 15 is 0 Å². The van der Waals surface area contributed by atoms with Crippen LogP contribution in [0.25, 0.3) is 22.0 Å². The van der Waals surface area contributed by atoms with E-state index in [9.17, 15) is 14.0 Å². The van der Waals surface area contributed by atoms with E-state index in [1.165, 1.54) is 31.5 Å². The number of aryl methyl sites for hydroxylation is 1. The molecule has 4 aromatic rings. The fraction of sp³-hybridized carbons (Fsp3) is 0.241. The summed E-state index contributed by atoms with van der Waals surface area (Å²) in [5, 5.41) is 6.18. The summed E-state index contributed by atoms with van der Waals surface area (Å²) >= 11 is 0. The van der Waals surface area contributed by atoms with Crippen molar-refractivity contribution in [2.45, 2.75) is 19.4 Å². The number of hydrogen-bond donors (Lipinski definition) is 3. The lowest BCUT2D eigenvalue weighted by Gasteiger charge is -2.20. The number of ether oxygens (including phenoxy) is 2. The van der Waals surface area contributed by atoms with Crippen molar-refractivity contribution in [3.63, 3.8) is 0 Å². The van der Waals surface area contributed by atoms with Crippen LogP contribution < -0.4 is 25.7 Å². The van der Waals surface area contributed by atoms with E-state index in [4.69, 9.17) is 9.47 Å². The van der Waals surface area contributed by atoms with Crippen LogP contribution >= 0.6 is 0 Å². The molecule has 2 aromatic carbocycles. The normalized spacial score (nSPS) is 15.2. The molecular formula is C29H29FN6O4. The molecule has 0 bridgehead atoms. The summed E-state index contributed by atoms with van der Waals surface area (Å²) in [6.45, 7) is 6.93. The Labute approximate surface area is 229 Å². The van der Waals surface area contributed by atoms with Crippen molar-refractivity contribution in [2.24, 2.45) is 0 Å². The average Bonchev–Trinajstić information content (AvgIpc) is 3.34. The van der Waals surface area contributed by atoms with E-state index in [1.807, 2.05) is 7.05 Å². The summed E-state index contributed by atoms with van der Waals surface area (Å²) in [5.41, 5.74) is 2.55. The second-order valence-electron chi connectivity index (χ2n) is 9.58. The third kappa shape index (κ3) is 5.50. The number of carbonyl (C=O) groups is 1. The molecule has 0 spiro atoms. The monoisotopic (exact) mass is 544 g/mol. The Kier molecular flexibility index (Phi) is 7.47. The van der Waals surface area contributed by atoms with Gasteiger partial charge in [0.25, 0.3) is 5.56 Å². The zero-order valence-electron chi connectivity index (χ0n) is 22.4. The maximum Gasteiger partial charge on any atom is 0.259 e. The van der Waals surface area contributed by atoms with Crippen LogP contribution in [-0.4, -0.2) is 59.1 Å². The van der Waals surface area contributed by atoms with Crippen molar-refractivity contribution in [2.75, 3.05) is 37.9 Å². The highest BCUT2D eigenvalue weighted by molar-refractivity contribution is 6.00. The molecule has 1 atom stereocenters. The van der Waals surface area contributed by atoms with Crippen LogP contribution in [0.5, 0.6) is 11.5 Å². The molecule has 1 aliphatic rings. The number of carbonyl (C=O) groups excluding carboxylic acids is 1. The third-order valence-electron chi connectivity index (χ3n) is 6.69. The summed E-state index contributed by atoms with van der Waals surface area (Å²) in [7, 11) is 3.54. The SMILES string of the molecule is C=CC(=O)Nc1cc(Nc2ncc3c(=O)[nH]c(C)c(-c4cccc(F)c4)c3n2)c(OC)cc1OC1CCN(C)C1. The predicted molar refractivity (Wildman–Crippen MR) is 152 cm³/mol. The minimum atomic E-state index is -0.408. The van der Waals surface area contributed by atoms with Crippen LogP contribution in [0, 0.1) is 12.7 Å². The average molecular weight is 545 g/mol. The van der Waals surface area contributed by atoms with Crippen molar-refractivity contribution >= 4 is 34.1 Å². The van der Waals surface area contributed by atoms with Crippen molar-refractivity contribution in [3.8, 4) is 22.6 Å². The molecule has 11 heteroatoms. The fourth-order valence-electron chi connectivity index (χ4n) is 4.77. The minimum absolute atomic E-state index is 0.0423. The van der Waals surface area contributed by atoms with Gasteiger partial charge < -0.3 is 30.0 Å². The number of amides is 1. The number of rotatable bonds is 8. The lowest BCUT2D eigenvalue weighted by molar-refractivity contribution is -0.111. The van der Waals surface area contributed by atoms with Gasteiger partial charge in [-0.3, -0.25) is 9.59 Å². The number of anilines is 3. The van der Waals surface area contributed by atoms with Crippen LogP contribution in [0.2, 0.25) is 0 Å². The first-order chi connectivity index (χ1) is 19.2. The Morgan fingerprint density at radius 3 is 2.77 bits per heavy atom. The van der Waals surface area contributed by atoms with Crippen molar-refractivity contribution in [1.82, 2.24) is 19.9 Å². The number of hydrogen-bond acceptors (Lipinski definition) is 8. The molecule has 1 fully saturated rings. The van der Waals surface area contributed by atoms with E-state index in [1.54, 1.807) is 31.2 Å². The van der Waals surface area contributed by atoms with Crippen LogP contribution in [0.15, 0.2) is 60.0 Å². The Morgan fingerprint density at radius 1 is 1.25 bits per heavy atom. The number of aromatic nitrogens is 3. The molecule has 2 aromatic heterocycles. The van der Waals surface area contributed by atoms with E-state index in [2.05, 4.69) is 37.1 Å². The lowest BCUT2D eigenvalue weighted by atomic mass is 10.0. The van der Waals surface area contributed by atoms with Gasteiger partial charge in [-0.25, -0.2) is 14.4 Å². The van der Waals surface area contributed by atoms with Gasteiger partial charge in [-0.15, -0.1) is 0 Å². The first-order valence-electron chi connectivity index (χ1n) is 12.7. The van der Waals surface area contributed by atoms with Gasteiger partial charge in [0.15, 0.2) is 0 Å². The Balaban J connectivity index is 1.57. The third-order valence-corrected chi connectivity index (χ3v) is 6.69. The molecule has 3 heterocycles. The van der Waals surface area contributed by atoms with Crippen molar-refractivity contribution in [1.29, 1.82) is 0 Å². The zero-order chi connectivity index (χ0) is 28.4. The number of likely N-dealkylation sites (tertiary alicyclic amines) is 1. The number of fused-ring (bicyclic) bond motifs is 1. The number of likely N-dealkylation sites (N-methyl/N-ethyl adjacent to an activating group) is 1. The molecule has 0 saturated carbocycles. The number of pyridine rings is 1. The number of aromatic amines is 1. The molecule has 3 N–H and O–H groups in total. The van der Waals surface area contributed by atoms with Gasteiger partial charge in [-0.05, 0) is 50.2 Å². The van der Waals surface area contributed by atoms with Crippen molar-refractivity contribution < 1.29 is 18.7 Å². The van der Waals surface area contributed by atoms with Gasteiger partial charge in [0.05, 0.1) is 29.4 Å². The summed E-state index contributed by atoms with van der Waals surface area (Å²) in [5.74, 6) is 0.234. The maximum absolute atomic E-state index is 14.1. The van der Waals surface area contributed by atoms with E-state index in [0.717, 1.165) is 19.5 Å². The van der Waals surface area contributed by atoms with E-state index < -0.39 is 11.7 Å². The van der Waals surface area contributed by atoms with Gasteiger partial charge >= 0.3 is 0 Å². The molecule has 1 saturated heterocycles. The van der Waals surface area contributed by atoms with Gasteiger partial charge in [0, 0.05) is 36.6 Å². The molecule has 10 nitrogen and oxygen atoms in total. The second kappa shape index (κ2) is 11.1. The largest absolute Gasteiger partial charge is 0.494 e. The second-order valence-corrected chi connectivity index (χ2v) is 9.58. The lowest BCUT2D eigenvalue weighted by Crippen LogP contribution is -2.22. The molecular weight excluding hydrogens is 515 g/mol. The topological polar surface area (TPSA) is 121 Å². The standard InChI is InChI=1S/C29H29FN6O4/c1-5-25(37)33-22-12-21(23(39-4)13-24(22)40-19-9-10-36(3)15-19)34-29-31-14-20-27(35-29)26(16(2)32-28(20)38)17-7-6-8-18(30)11-17/h5-8,11-14,19H,1,9-10,15H2,2-4H3,(H,32,38)(H,33,37)(H,31,34,35). The number of nitrogens with zero attached hydrogens (tertiary/aromatic N) is 3. The number of benzene rings is 2. The number of halogens is 1. The molecule has 5 rings (SSSR count). The Bertz CT molecular complexity index is 1670. The Morgan fingerprint density at radius 2 is 2.08 bits per heavy atom. The molecule has 206 valence electrons. The summed E-state index contributed by atoms with van der Waals surface area (Å²) in [6, 6.07) is 9.43. The fourth-order valence-corrected chi connectivity index (χ4v) is 4.77. The summed E-state index contributed by atoms with van der Waals surface area (Å²) < 4.78 is 25.9. The van der Waals surface area contributed by atoms with Crippen LogP contribution in [-0.2, 0) is 4.79 Å². The first-order valence-corrected chi connectivity index (χ1v) is 12.7. The smallest absolute Gasteiger partial charge is 0.259 e. The van der Waals surface area contributed by atoms with Gasteiger partial charge in [0.1, 0.15) is 23.4 Å². The summed E-state index contributed by atoms with van der Waals surface area (Å²) in [6.07, 6.45) is 3.39. The quantitative estimate of drug-likeness (QED) is 0.279. The first kappa shape index (κ1) is 26.8. The molecule has 1 aliphatic heterocycles. The van der Waals surface area contributed by atoms with Crippen LogP contribution in [0.3, 0.4) is 0 Å². The highest BCUT2D eigenvalue weighted by Gasteiger charge is 2.24. The van der Waals surface area contributed by atoms with Crippen LogP contribution in [0.1, 0.15) is 12.1 Å². The molecule has 1 amide bonds. The molecule has 40 heavy (non-hydrogen) atoms. The molecule has 1 unspecified atom stereocenters. The van der Waals surface area contributed by atoms with E-state index in [-0.39, 0.29) is 23.0 Å². The van der Waals surface area contributed by atoms with Crippen molar-refractivity contribution in [3.05, 3.63) is 77.1 Å². The van der Waals surface area contributed by atoms with Gasteiger partial charge in [-0.2, -0.15) is 0 Å². The Hall–Kier alpha value is -4.77. The number of H-pyrrole nitrogens is 1. The molecule has 0 radical (unpaired) electrons. The minimum Gasteiger partial charge on any atom is -0.494 e. The molecule has 0 aliphatic carbocycles. The maximum atomic E-state index is 14.1. The highest BCUT2D eigenvalue weighted by atomic mass is 19.1. The number of nitrogens with one attached hydrogen (secondary N) is 3. The zero-order valence-corrected chi connectivity index (χ0v) is 22.4. The van der Waals surface area contributed by atoms with E-state index in [0.29, 0.717) is 45.2 Å². The number of methoxy groups -OCH3 is 1. The predicted octanol–water partition coefficient (Wildman–Crippen LogP) is 4.39.